The molecule has 210 valence electrons. The van der Waals surface area contributed by atoms with Crippen molar-refractivity contribution >= 4 is 8.60 Å². The maximum atomic E-state index is 10.8. The molecule has 38 heavy (non-hydrogen) atoms. The first kappa shape index (κ1) is 29.3. The van der Waals surface area contributed by atoms with Crippen LogP contribution in [0, 0.1) is 13.8 Å². The number of piperidine rings is 1. The lowest BCUT2D eigenvalue weighted by molar-refractivity contribution is -0.255. The van der Waals surface area contributed by atoms with Crippen molar-refractivity contribution in [3.63, 3.8) is 0 Å². The molecule has 6 heteroatoms. The van der Waals surface area contributed by atoms with Crippen LogP contribution < -0.4 is 9.05 Å². The minimum Gasteiger partial charge on any atom is -0.417 e. The molecule has 0 atom stereocenters. The van der Waals surface area contributed by atoms with Crippen molar-refractivity contribution in [2.75, 3.05) is 0 Å². The van der Waals surface area contributed by atoms with Crippen molar-refractivity contribution in [2.45, 2.75) is 130 Å². The van der Waals surface area contributed by atoms with Gasteiger partial charge in [-0.3, -0.25) is 4.52 Å². The van der Waals surface area contributed by atoms with Crippen LogP contribution in [0.5, 0.6) is 11.5 Å². The van der Waals surface area contributed by atoms with Crippen molar-refractivity contribution in [1.82, 2.24) is 5.06 Å². The third-order valence-electron chi connectivity index (χ3n) is 7.98. The van der Waals surface area contributed by atoms with E-state index in [4.69, 9.17) is 13.6 Å². The predicted molar refractivity (Wildman–Crippen MR) is 157 cm³/mol. The Kier molecular flexibility index (Phi) is 7.54. The lowest BCUT2D eigenvalue weighted by Crippen LogP contribution is -2.60. The average Bonchev–Trinajstić information content (AvgIpc) is 2.72. The van der Waals surface area contributed by atoms with E-state index in [1.165, 1.54) is 27.3 Å². The number of hydrogen-bond donors (Lipinski definition) is 1. The van der Waals surface area contributed by atoms with Gasteiger partial charge in [0.25, 0.3) is 0 Å². The number of nitrogens with zero attached hydrogens (tertiary/aromatic N) is 1. The van der Waals surface area contributed by atoms with E-state index in [1.54, 1.807) is 0 Å². The molecule has 0 aromatic heterocycles. The van der Waals surface area contributed by atoms with Gasteiger partial charge in [0.15, 0.2) is 0 Å². The van der Waals surface area contributed by atoms with E-state index in [-0.39, 0.29) is 16.9 Å². The summed E-state index contributed by atoms with van der Waals surface area (Å²) in [7, 11) is -1.72. The summed E-state index contributed by atoms with van der Waals surface area (Å²) in [4.78, 5) is 0. The van der Waals surface area contributed by atoms with Crippen LogP contribution in [0.15, 0.2) is 24.3 Å². The number of aryl methyl sites for hydroxylation is 2. The van der Waals surface area contributed by atoms with Crippen molar-refractivity contribution < 1.29 is 18.8 Å². The van der Waals surface area contributed by atoms with E-state index in [1.807, 2.05) is 0 Å². The third-order valence-corrected chi connectivity index (χ3v) is 9.12. The molecule has 1 fully saturated rings. The standard InChI is InChI=1S/C32H48NO4P/c1-20-13-24(29(3,4)5)16-22-15-23-17-25(30(6,7)8)14-21(2)28(23)37-38(36-27(20)22)35-26-18-31(9,10)33(34)32(11,12)19-26/h13-14,16-17,26,34H,15,18-19H2,1-12H3. The Balaban J connectivity index is 1.81. The predicted octanol–water partition coefficient (Wildman–Crippen LogP) is 8.91. The quantitative estimate of drug-likeness (QED) is 0.385. The normalized spacial score (nSPS) is 20.6. The van der Waals surface area contributed by atoms with Gasteiger partial charge in [-0.2, -0.15) is 5.06 Å². The Morgan fingerprint density at radius 2 is 1.18 bits per heavy atom. The SMILES string of the molecule is Cc1cc(C(C)(C)C)cc2c1OP(OC1CC(C)(C)N(O)C(C)(C)C1)Oc1c(C)cc(C(C)(C)C)cc1C2. The molecule has 2 aromatic carbocycles. The molecule has 0 spiro atoms. The summed E-state index contributed by atoms with van der Waals surface area (Å²) < 4.78 is 20.0. The fourth-order valence-electron chi connectivity index (χ4n) is 5.87. The van der Waals surface area contributed by atoms with Gasteiger partial charge in [-0.25, -0.2) is 0 Å². The zero-order valence-corrected chi connectivity index (χ0v) is 26.5. The zero-order valence-electron chi connectivity index (χ0n) is 25.6. The van der Waals surface area contributed by atoms with E-state index in [9.17, 15) is 5.21 Å². The van der Waals surface area contributed by atoms with Crippen molar-refractivity contribution in [1.29, 1.82) is 0 Å². The van der Waals surface area contributed by atoms with Gasteiger partial charge < -0.3 is 14.3 Å². The summed E-state index contributed by atoms with van der Waals surface area (Å²) in [6.45, 7) is 26.0. The molecule has 1 saturated heterocycles. The maximum absolute atomic E-state index is 10.8. The van der Waals surface area contributed by atoms with Crippen LogP contribution in [0.25, 0.3) is 0 Å². The first-order valence-corrected chi connectivity index (χ1v) is 15.0. The molecular weight excluding hydrogens is 493 g/mol. The largest absolute Gasteiger partial charge is 0.463 e. The number of rotatable bonds is 2. The van der Waals surface area contributed by atoms with Gasteiger partial charge in [0.2, 0.25) is 0 Å². The Labute approximate surface area is 231 Å². The Morgan fingerprint density at radius 3 is 1.55 bits per heavy atom. The van der Waals surface area contributed by atoms with Crippen LogP contribution in [0.4, 0.5) is 0 Å². The van der Waals surface area contributed by atoms with Crippen LogP contribution in [0.3, 0.4) is 0 Å². The molecule has 5 nitrogen and oxygen atoms in total. The highest BCUT2D eigenvalue weighted by atomic mass is 31.2. The molecule has 2 aromatic rings. The molecule has 1 N–H and O–H groups in total. The van der Waals surface area contributed by atoms with Gasteiger partial charge in [0.05, 0.1) is 6.10 Å². The van der Waals surface area contributed by atoms with Crippen LogP contribution >= 0.6 is 8.60 Å². The summed E-state index contributed by atoms with van der Waals surface area (Å²) in [6, 6.07) is 9.09. The van der Waals surface area contributed by atoms with Gasteiger partial charge in [-0.15, -0.1) is 0 Å². The molecule has 0 unspecified atom stereocenters. The summed E-state index contributed by atoms with van der Waals surface area (Å²) in [5.74, 6) is 1.73. The molecule has 0 saturated carbocycles. The summed E-state index contributed by atoms with van der Waals surface area (Å²) in [5, 5.41) is 12.3. The van der Waals surface area contributed by atoms with Crippen LogP contribution in [0.1, 0.15) is 115 Å². The second-order valence-corrected chi connectivity index (χ2v) is 15.7. The van der Waals surface area contributed by atoms with Gasteiger partial charge in [-0.05, 0) is 98.6 Å². The smallest absolute Gasteiger partial charge is 0.417 e. The van der Waals surface area contributed by atoms with E-state index in [0.717, 1.165) is 29.0 Å². The molecule has 0 radical (unpaired) electrons. The van der Waals surface area contributed by atoms with Gasteiger partial charge in [0.1, 0.15) is 11.5 Å². The molecule has 2 heterocycles. The summed E-state index contributed by atoms with van der Waals surface area (Å²) in [5.41, 5.74) is 6.36. The van der Waals surface area contributed by atoms with Gasteiger partial charge in [0, 0.05) is 17.5 Å². The Morgan fingerprint density at radius 1 is 0.789 bits per heavy atom. The average molecular weight is 542 g/mol. The Hall–Kier alpha value is -1.65. The lowest BCUT2D eigenvalue weighted by Gasteiger charge is -2.51. The lowest BCUT2D eigenvalue weighted by atomic mass is 9.80. The fourth-order valence-corrected chi connectivity index (χ4v) is 7.21. The minimum absolute atomic E-state index is 0.0291. The summed E-state index contributed by atoms with van der Waals surface area (Å²) >= 11 is 0. The van der Waals surface area contributed by atoms with Crippen molar-refractivity contribution in [3.05, 3.63) is 57.6 Å². The van der Waals surface area contributed by atoms with E-state index in [2.05, 4.69) is 107 Å². The highest BCUT2D eigenvalue weighted by Crippen LogP contribution is 2.52. The molecule has 4 rings (SSSR count). The number of benzene rings is 2. The molecule has 2 aliphatic heterocycles. The second kappa shape index (κ2) is 9.77. The number of fused-ring (bicyclic) bond motifs is 2. The highest BCUT2D eigenvalue weighted by Gasteiger charge is 2.47. The zero-order chi connectivity index (χ0) is 28.4. The van der Waals surface area contributed by atoms with Crippen LogP contribution in [0.2, 0.25) is 0 Å². The molecular formula is C32H48NO4P. The fraction of sp³-hybridized carbons (Fsp3) is 0.625. The van der Waals surface area contributed by atoms with Gasteiger partial charge >= 0.3 is 8.60 Å². The number of hydroxylamine groups is 2. The van der Waals surface area contributed by atoms with Crippen LogP contribution in [-0.2, 0) is 21.8 Å². The van der Waals surface area contributed by atoms with E-state index >= 15 is 0 Å². The first-order valence-electron chi connectivity index (χ1n) is 13.9. The Bertz CT molecular complexity index is 1120. The maximum Gasteiger partial charge on any atom is 0.463 e. The minimum atomic E-state index is -1.72. The van der Waals surface area contributed by atoms with Crippen molar-refractivity contribution in [2.24, 2.45) is 0 Å². The van der Waals surface area contributed by atoms with Crippen molar-refractivity contribution in [3.8, 4) is 11.5 Å². The van der Waals surface area contributed by atoms with E-state index in [0.29, 0.717) is 12.8 Å². The van der Waals surface area contributed by atoms with E-state index < -0.39 is 19.7 Å². The second-order valence-electron chi connectivity index (χ2n) is 14.7. The number of hydrogen-bond acceptors (Lipinski definition) is 5. The molecule has 0 aliphatic carbocycles. The topological polar surface area (TPSA) is 51.2 Å². The van der Waals surface area contributed by atoms with Gasteiger partial charge in [-0.1, -0.05) is 65.8 Å². The molecule has 2 aliphatic rings. The summed E-state index contributed by atoms with van der Waals surface area (Å²) in [6.07, 6.45) is 2.00. The van der Waals surface area contributed by atoms with Crippen LogP contribution in [-0.4, -0.2) is 27.5 Å². The monoisotopic (exact) mass is 541 g/mol. The highest BCUT2D eigenvalue weighted by molar-refractivity contribution is 7.42. The first-order chi connectivity index (χ1) is 17.3. The third kappa shape index (κ3) is 5.92. The molecule has 0 amide bonds. The molecule has 0 bridgehead atoms.